The molecule has 0 spiro atoms. The standard InChI is InChI=1S/C19H13F4N3O2/c20-14-4-6-15(7-5-14)26-10-12(9-16(26)27)18-24-17(25-28-18)11-2-1-3-13(8-11)19(21,22)23/h1-8,12H,9-10H2/t12-/m1/s1. The Morgan fingerprint density at radius 2 is 1.86 bits per heavy atom. The van der Waals surface area contributed by atoms with Crippen LogP contribution >= 0.6 is 0 Å². The molecule has 1 aliphatic heterocycles. The highest BCUT2D eigenvalue weighted by molar-refractivity contribution is 5.96. The largest absolute Gasteiger partial charge is 0.416 e. The van der Waals surface area contributed by atoms with Gasteiger partial charge in [0.05, 0.1) is 11.5 Å². The molecule has 0 radical (unpaired) electrons. The Morgan fingerprint density at radius 3 is 2.57 bits per heavy atom. The third kappa shape index (κ3) is 3.47. The van der Waals surface area contributed by atoms with Gasteiger partial charge in [0.2, 0.25) is 17.6 Å². The molecule has 0 saturated carbocycles. The van der Waals surface area contributed by atoms with Crippen LogP contribution in [0.1, 0.15) is 23.8 Å². The molecular formula is C19H13F4N3O2. The van der Waals surface area contributed by atoms with E-state index in [1.54, 1.807) is 0 Å². The van der Waals surface area contributed by atoms with Crippen LogP contribution in [0.4, 0.5) is 23.2 Å². The summed E-state index contributed by atoms with van der Waals surface area (Å²) < 4.78 is 56.9. The Labute approximate surface area is 156 Å². The summed E-state index contributed by atoms with van der Waals surface area (Å²) in [4.78, 5) is 18.0. The van der Waals surface area contributed by atoms with E-state index < -0.39 is 23.5 Å². The zero-order chi connectivity index (χ0) is 19.9. The van der Waals surface area contributed by atoms with E-state index in [0.29, 0.717) is 5.69 Å². The minimum Gasteiger partial charge on any atom is -0.339 e. The molecule has 9 heteroatoms. The summed E-state index contributed by atoms with van der Waals surface area (Å²) in [6.07, 6.45) is -4.36. The number of hydrogen-bond acceptors (Lipinski definition) is 4. The maximum Gasteiger partial charge on any atom is 0.416 e. The second-order valence-corrected chi connectivity index (χ2v) is 6.42. The Kier molecular flexibility index (Phi) is 4.37. The highest BCUT2D eigenvalue weighted by Gasteiger charge is 2.35. The molecule has 1 aliphatic rings. The summed E-state index contributed by atoms with van der Waals surface area (Å²) in [6.45, 7) is 0.259. The maximum atomic E-state index is 13.1. The van der Waals surface area contributed by atoms with Gasteiger partial charge in [-0.3, -0.25) is 4.79 Å². The Bertz CT molecular complexity index is 1010. The summed E-state index contributed by atoms with van der Waals surface area (Å²) in [7, 11) is 0. The molecule has 5 nitrogen and oxygen atoms in total. The molecule has 0 N–H and O–H groups in total. The Hall–Kier alpha value is -3.23. The molecule has 0 bridgehead atoms. The number of amides is 1. The first kappa shape index (κ1) is 18.1. The highest BCUT2D eigenvalue weighted by atomic mass is 19.4. The van der Waals surface area contributed by atoms with Gasteiger partial charge in [0.1, 0.15) is 5.82 Å². The van der Waals surface area contributed by atoms with Gasteiger partial charge in [-0.2, -0.15) is 18.2 Å². The van der Waals surface area contributed by atoms with Crippen molar-refractivity contribution in [3.05, 3.63) is 65.8 Å². The number of halogens is 4. The molecule has 28 heavy (non-hydrogen) atoms. The van der Waals surface area contributed by atoms with Gasteiger partial charge in [0.25, 0.3) is 0 Å². The number of benzene rings is 2. The minimum absolute atomic E-state index is 0.0220. The van der Waals surface area contributed by atoms with Crippen molar-refractivity contribution in [1.82, 2.24) is 10.1 Å². The van der Waals surface area contributed by atoms with Crippen molar-refractivity contribution in [3.63, 3.8) is 0 Å². The molecule has 1 saturated heterocycles. The molecule has 1 amide bonds. The average Bonchev–Trinajstić information content (AvgIpc) is 3.29. The smallest absolute Gasteiger partial charge is 0.339 e. The van der Waals surface area contributed by atoms with Crippen molar-refractivity contribution in [1.29, 1.82) is 0 Å². The molecular weight excluding hydrogens is 378 g/mol. The van der Waals surface area contributed by atoms with E-state index in [1.165, 1.54) is 41.3 Å². The zero-order valence-electron chi connectivity index (χ0n) is 14.3. The molecule has 1 fully saturated rings. The molecule has 1 aromatic heterocycles. The summed E-state index contributed by atoms with van der Waals surface area (Å²) in [6, 6.07) is 10.1. The van der Waals surface area contributed by atoms with Crippen LogP contribution in [0, 0.1) is 5.82 Å². The van der Waals surface area contributed by atoms with Crippen LogP contribution in [-0.2, 0) is 11.0 Å². The number of anilines is 1. The van der Waals surface area contributed by atoms with Crippen molar-refractivity contribution in [2.45, 2.75) is 18.5 Å². The summed E-state index contributed by atoms with van der Waals surface area (Å²) in [5.41, 5.74) is -0.0917. The van der Waals surface area contributed by atoms with Crippen LogP contribution in [0.5, 0.6) is 0 Å². The van der Waals surface area contributed by atoms with Gasteiger partial charge in [0.15, 0.2) is 0 Å². The van der Waals surface area contributed by atoms with Gasteiger partial charge in [0, 0.05) is 24.2 Å². The van der Waals surface area contributed by atoms with Crippen LogP contribution < -0.4 is 4.90 Å². The van der Waals surface area contributed by atoms with Crippen LogP contribution in [0.2, 0.25) is 0 Å². The molecule has 3 aromatic rings. The molecule has 0 aliphatic carbocycles. The lowest BCUT2D eigenvalue weighted by Gasteiger charge is -2.15. The fourth-order valence-corrected chi connectivity index (χ4v) is 3.10. The monoisotopic (exact) mass is 391 g/mol. The van der Waals surface area contributed by atoms with E-state index in [9.17, 15) is 22.4 Å². The Morgan fingerprint density at radius 1 is 1.11 bits per heavy atom. The lowest BCUT2D eigenvalue weighted by molar-refractivity contribution is -0.137. The SMILES string of the molecule is O=C1C[C@@H](c2nc(-c3cccc(C(F)(F)F)c3)no2)CN1c1ccc(F)cc1. The van der Waals surface area contributed by atoms with E-state index in [1.807, 2.05) is 0 Å². The zero-order valence-corrected chi connectivity index (χ0v) is 14.3. The quantitative estimate of drug-likeness (QED) is 0.621. The number of aromatic nitrogens is 2. The van der Waals surface area contributed by atoms with Crippen LogP contribution in [0.3, 0.4) is 0 Å². The predicted molar refractivity (Wildman–Crippen MR) is 90.8 cm³/mol. The lowest BCUT2D eigenvalue weighted by atomic mass is 10.1. The lowest BCUT2D eigenvalue weighted by Crippen LogP contribution is -2.24. The third-order valence-electron chi connectivity index (χ3n) is 4.50. The van der Waals surface area contributed by atoms with Gasteiger partial charge >= 0.3 is 6.18 Å². The van der Waals surface area contributed by atoms with Crippen molar-refractivity contribution < 1.29 is 26.9 Å². The van der Waals surface area contributed by atoms with Crippen LogP contribution in [-0.4, -0.2) is 22.6 Å². The van der Waals surface area contributed by atoms with Gasteiger partial charge in [-0.15, -0.1) is 0 Å². The fraction of sp³-hybridized carbons (Fsp3) is 0.211. The third-order valence-corrected chi connectivity index (χ3v) is 4.50. The first-order chi connectivity index (χ1) is 13.3. The molecule has 2 heterocycles. The molecule has 2 aromatic carbocycles. The van der Waals surface area contributed by atoms with Crippen molar-refractivity contribution in [2.75, 3.05) is 11.4 Å². The summed E-state index contributed by atoms with van der Waals surface area (Å²) in [5.74, 6) is -0.797. The fourth-order valence-electron chi connectivity index (χ4n) is 3.10. The number of hydrogen-bond donors (Lipinski definition) is 0. The van der Waals surface area contributed by atoms with E-state index in [0.717, 1.165) is 12.1 Å². The second kappa shape index (κ2) is 6.74. The van der Waals surface area contributed by atoms with Crippen LogP contribution in [0.15, 0.2) is 53.1 Å². The van der Waals surface area contributed by atoms with Gasteiger partial charge in [-0.1, -0.05) is 17.3 Å². The van der Waals surface area contributed by atoms with Gasteiger partial charge in [-0.25, -0.2) is 4.39 Å². The molecule has 1 atom stereocenters. The topological polar surface area (TPSA) is 59.2 Å². The second-order valence-electron chi connectivity index (χ2n) is 6.42. The molecule has 4 rings (SSSR count). The van der Waals surface area contributed by atoms with E-state index in [2.05, 4.69) is 10.1 Å². The van der Waals surface area contributed by atoms with Gasteiger partial charge in [-0.05, 0) is 36.4 Å². The predicted octanol–water partition coefficient (Wildman–Crippen LogP) is 4.42. The van der Waals surface area contributed by atoms with Crippen molar-refractivity contribution >= 4 is 11.6 Å². The average molecular weight is 391 g/mol. The van der Waals surface area contributed by atoms with Crippen LogP contribution in [0.25, 0.3) is 11.4 Å². The maximum absolute atomic E-state index is 13.1. The minimum atomic E-state index is -4.48. The number of carbonyl (C=O) groups excluding carboxylic acids is 1. The number of nitrogens with zero attached hydrogens (tertiary/aromatic N) is 3. The van der Waals surface area contributed by atoms with Gasteiger partial charge < -0.3 is 9.42 Å². The van der Waals surface area contributed by atoms with E-state index >= 15 is 0 Å². The molecule has 144 valence electrons. The first-order valence-corrected chi connectivity index (χ1v) is 8.38. The van der Waals surface area contributed by atoms with E-state index in [-0.39, 0.29) is 36.2 Å². The Balaban J connectivity index is 1.55. The number of alkyl halides is 3. The molecule has 0 unspecified atom stereocenters. The number of rotatable bonds is 3. The summed E-state index contributed by atoms with van der Waals surface area (Å²) in [5, 5.41) is 3.76. The normalized spacial score (nSPS) is 17.4. The first-order valence-electron chi connectivity index (χ1n) is 8.38. The summed E-state index contributed by atoms with van der Waals surface area (Å²) >= 11 is 0. The van der Waals surface area contributed by atoms with Crippen molar-refractivity contribution in [2.24, 2.45) is 0 Å². The highest BCUT2D eigenvalue weighted by Crippen LogP contribution is 2.34. The van der Waals surface area contributed by atoms with E-state index in [4.69, 9.17) is 4.52 Å². The van der Waals surface area contributed by atoms with Crippen molar-refractivity contribution in [3.8, 4) is 11.4 Å². The number of carbonyl (C=O) groups is 1.